The fourth-order valence-electron chi connectivity index (χ4n) is 4.30. The number of benzene rings is 1. The second kappa shape index (κ2) is 9.79. The Hall–Kier alpha value is -3.12. The second-order valence-corrected chi connectivity index (χ2v) is 8.17. The number of hydrogen-bond acceptors (Lipinski definition) is 5. The summed E-state index contributed by atoms with van der Waals surface area (Å²) in [6, 6.07) is 7.60. The molecule has 2 aromatic heterocycles. The van der Waals surface area contributed by atoms with E-state index < -0.39 is 11.7 Å². The highest BCUT2D eigenvalue weighted by Crippen LogP contribution is 2.39. The summed E-state index contributed by atoms with van der Waals surface area (Å²) in [5.41, 5.74) is 0.950. The first-order chi connectivity index (χ1) is 15.9. The number of nitriles is 1. The average molecular weight is 458 g/mol. The molecule has 3 aromatic rings. The number of nitrogens with zero attached hydrogens (tertiary/aromatic N) is 5. The molecule has 1 fully saturated rings. The maximum Gasteiger partial charge on any atom is 0.419 e. The first-order valence-electron chi connectivity index (χ1n) is 11.2. The van der Waals surface area contributed by atoms with Gasteiger partial charge in [0.2, 0.25) is 0 Å². The molecule has 1 aliphatic heterocycles. The molecule has 0 atom stereocenters. The van der Waals surface area contributed by atoms with E-state index in [0.717, 1.165) is 32.1 Å². The summed E-state index contributed by atoms with van der Waals surface area (Å²) in [5, 5.41) is 9.59. The van der Waals surface area contributed by atoms with E-state index in [2.05, 4.69) is 14.9 Å². The number of rotatable bonds is 7. The number of aromatic nitrogens is 3. The van der Waals surface area contributed by atoms with Crippen LogP contribution in [0.5, 0.6) is 5.75 Å². The molecule has 174 valence electrons. The van der Waals surface area contributed by atoms with Crippen LogP contribution in [0.3, 0.4) is 0 Å². The highest BCUT2D eigenvalue weighted by molar-refractivity contribution is 5.84. The molecule has 4 rings (SSSR count). The molecule has 6 nitrogen and oxygen atoms in total. The summed E-state index contributed by atoms with van der Waals surface area (Å²) >= 11 is 0. The molecule has 1 aromatic carbocycles. The molecular formula is C24H26F3N5O. The van der Waals surface area contributed by atoms with Gasteiger partial charge in [-0.2, -0.15) is 18.4 Å². The zero-order chi connectivity index (χ0) is 23.4. The average Bonchev–Trinajstić information content (AvgIpc) is 3.22. The molecule has 9 heteroatoms. The van der Waals surface area contributed by atoms with Crippen LogP contribution in [0.4, 0.5) is 13.2 Å². The maximum absolute atomic E-state index is 13.6. The Morgan fingerprint density at radius 3 is 2.61 bits per heavy atom. The smallest absolute Gasteiger partial charge is 0.419 e. The van der Waals surface area contributed by atoms with Crippen molar-refractivity contribution in [3.63, 3.8) is 0 Å². The number of piperidine rings is 1. The lowest BCUT2D eigenvalue weighted by Crippen LogP contribution is -2.31. The van der Waals surface area contributed by atoms with E-state index in [0.29, 0.717) is 23.3 Å². The van der Waals surface area contributed by atoms with E-state index >= 15 is 0 Å². The predicted molar refractivity (Wildman–Crippen MR) is 119 cm³/mol. The SMILES string of the molecule is CCOc1ccc(-c2cc3c(ncn3CCCN3CCCCC3)c(C#N)n2)cc1C(F)(F)F. The maximum atomic E-state index is 13.6. The molecule has 0 radical (unpaired) electrons. The third-order valence-corrected chi connectivity index (χ3v) is 5.92. The van der Waals surface area contributed by atoms with Gasteiger partial charge in [0.15, 0.2) is 5.69 Å². The van der Waals surface area contributed by atoms with Gasteiger partial charge in [0.05, 0.1) is 29.7 Å². The Morgan fingerprint density at radius 2 is 1.91 bits per heavy atom. The summed E-state index contributed by atoms with van der Waals surface area (Å²) in [7, 11) is 0. The zero-order valence-corrected chi connectivity index (χ0v) is 18.5. The van der Waals surface area contributed by atoms with Crippen molar-refractivity contribution < 1.29 is 17.9 Å². The third kappa shape index (κ3) is 5.11. The first-order valence-corrected chi connectivity index (χ1v) is 11.2. The fourth-order valence-corrected chi connectivity index (χ4v) is 4.30. The number of aryl methyl sites for hydroxylation is 1. The van der Waals surface area contributed by atoms with E-state index in [1.807, 2.05) is 10.6 Å². The summed E-state index contributed by atoms with van der Waals surface area (Å²) in [5.74, 6) is -0.224. The summed E-state index contributed by atoms with van der Waals surface area (Å²) in [6.07, 6.45) is 1.78. The highest BCUT2D eigenvalue weighted by atomic mass is 19.4. The van der Waals surface area contributed by atoms with Crippen molar-refractivity contribution in [2.24, 2.45) is 0 Å². The van der Waals surface area contributed by atoms with Gasteiger partial charge in [0, 0.05) is 12.1 Å². The van der Waals surface area contributed by atoms with Gasteiger partial charge in [-0.1, -0.05) is 6.42 Å². The molecule has 0 amide bonds. The lowest BCUT2D eigenvalue weighted by atomic mass is 10.1. The largest absolute Gasteiger partial charge is 0.493 e. The van der Waals surface area contributed by atoms with Crippen LogP contribution in [0.15, 0.2) is 30.6 Å². The van der Waals surface area contributed by atoms with Gasteiger partial charge in [-0.25, -0.2) is 9.97 Å². The van der Waals surface area contributed by atoms with Crippen molar-refractivity contribution in [2.75, 3.05) is 26.2 Å². The molecule has 0 unspecified atom stereocenters. The van der Waals surface area contributed by atoms with Crippen LogP contribution in [-0.2, 0) is 12.7 Å². The number of likely N-dealkylation sites (tertiary alicyclic amines) is 1. The molecule has 3 heterocycles. The van der Waals surface area contributed by atoms with Crippen molar-refractivity contribution in [3.8, 4) is 23.1 Å². The number of halogens is 3. The Labute approximate surface area is 190 Å². The minimum Gasteiger partial charge on any atom is -0.493 e. The first kappa shape index (κ1) is 23.1. The number of imidazole rings is 1. The van der Waals surface area contributed by atoms with Crippen LogP contribution in [-0.4, -0.2) is 45.7 Å². The van der Waals surface area contributed by atoms with Crippen LogP contribution >= 0.6 is 0 Å². The highest BCUT2D eigenvalue weighted by Gasteiger charge is 2.35. The van der Waals surface area contributed by atoms with Crippen molar-refractivity contribution in [2.45, 2.75) is 45.3 Å². The topological polar surface area (TPSA) is 67.0 Å². The molecule has 1 saturated heterocycles. The van der Waals surface area contributed by atoms with Crippen molar-refractivity contribution in [3.05, 3.63) is 41.9 Å². The Bertz CT molecular complexity index is 1160. The van der Waals surface area contributed by atoms with E-state index in [-0.39, 0.29) is 23.6 Å². The number of alkyl halides is 3. The Kier molecular flexibility index (Phi) is 6.84. The lowest BCUT2D eigenvalue weighted by molar-refractivity contribution is -0.138. The number of pyridine rings is 1. The lowest BCUT2D eigenvalue weighted by Gasteiger charge is -2.26. The van der Waals surface area contributed by atoms with Crippen molar-refractivity contribution >= 4 is 11.0 Å². The Morgan fingerprint density at radius 1 is 1.12 bits per heavy atom. The van der Waals surface area contributed by atoms with Gasteiger partial charge in [-0.05, 0) is 70.1 Å². The molecular weight excluding hydrogens is 431 g/mol. The van der Waals surface area contributed by atoms with E-state index in [1.54, 1.807) is 19.3 Å². The molecule has 33 heavy (non-hydrogen) atoms. The number of hydrogen-bond donors (Lipinski definition) is 0. The fraction of sp³-hybridized carbons (Fsp3) is 0.458. The van der Waals surface area contributed by atoms with Gasteiger partial charge >= 0.3 is 6.18 Å². The third-order valence-electron chi connectivity index (χ3n) is 5.92. The van der Waals surface area contributed by atoms with Gasteiger partial charge < -0.3 is 14.2 Å². The van der Waals surface area contributed by atoms with Crippen molar-refractivity contribution in [1.29, 1.82) is 5.26 Å². The number of fused-ring (bicyclic) bond motifs is 1. The van der Waals surface area contributed by atoms with Crippen LogP contribution in [0.2, 0.25) is 0 Å². The van der Waals surface area contributed by atoms with Gasteiger partial charge in [-0.3, -0.25) is 0 Å². The summed E-state index contributed by atoms with van der Waals surface area (Å²) < 4.78 is 47.9. The van der Waals surface area contributed by atoms with Gasteiger partial charge in [-0.15, -0.1) is 0 Å². The predicted octanol–water partition coefficient (Wildman–Crippen LogP) is 5.26. The monoisotopic (exact) mass is 457 g/mol. The van der Waals surface area contributed by atoms with E-state index in [4.69, 9.17) is 4.74 Å². The quantitative estimate of drug-likeness (QED) is 0.484. The number of ether oxygens (including phenoxy) is 1. The minimum atomic E-state index is -4.57. The van der Waals surface area contributed by atoms with Gasteiger partial charge in [0.1, 0.15) is 17.3 Å². The molecule has 0 bridgehead atoms. The Balaban J connectivity index is 1.66. The van der Waals surface area contributed by atoms with Crippen LogP contribution in [0.25, 0.3) is 22.3 Å². The second-order valence-electron chi connectivity index (χ2n) is 8.17. The normalized spacial score (nSPS) is 15.0. The van der Waals surface area contributed by atoms with Gasteiger partial charge in [0.25, 0.3) is 0 Å². The summed E-state index contributed by atoms with van der Waals surface area (Å²) in [4.78, 5) is 11.1. The standard InChI is InChI=1S/C24H26F3N5O/c1-2-33-22-8-7-17(13-18(22)24(25,26)27)19-14-21-23(20(15-28)30-19)29-16-32(21)12-6-11-31-9-4-3-5-10-31/h7-8,13-14,16H,2-6,9-12H2,1H3. The van der Waals surface area contributed by atoms with E-state index in [9.17, 15) is 18.4 Å². The van der Waals surface area contributed by atoms with Crippen LogP contribution in [0, 0.1) is 11.3 Å². The molecule has 0 aliphatic carbocycles. The molecule has 1 aliphatic rings. The van der Waals surface area contributed by atoms with Crippen LogP contribution < -0.4 is 4.74 Å². The minimum absolute atomic E-state index is 0.0970. The van der Waals surface area contributed by atoms with Crippen molar-refractivity contribution in [1.82, 2.24) is 19.4 Å². The molecule has 0 saturated carbocycles. The molecule has 0 spiro atoms. The molecule has 0 N–H and O–H groups in total. The summed E-state index contributed by atoms with van der Waals surface area (Å²) in [6.45, 7) is 5.69. The zero-order valence-electron chi connectivity index (χ0n) is 18.5. The van der Waals surface area contributed by atoms with E-state index in [1.165, 1.54) is 31.4 Å². The van der Waals surface area contributed by atoms with Crippen LogP contribution in [0.1, 0.15) is 43.9 Å².